The molecule has 2 unspecified atom stereocenters. The lowest BCUT2D eigenvalue weighted by Gasteiger charge is -2.35. The summed E-state index contributed by atoms with van der Waals surface area (Å²) in [4.78, 5) is 6.77. The zero-order chi connectivity index (χ0) is 13.0. The number of morpholine rings is 1. The molecule has 1 aliphatic rings. The van der Waals surface area contributed by atoms with Gasteiger partial charge in [-0.05, 0) is 21.0 Å². The maximum absolute atomic E-state index is 5.88. The second-order valence-electron chi connectivity index (χ2n) is 4.90. The Morgan fingerprint density at radius 2 is 2.44 bits per heavy atom. The Balaban J connectivity index is 2.00. The molecule has 2 rings (SSSR count). The zero-order valence-corrected chi connectivity index (χ0v) is 11.6. The molecule has 1 saturated heterocycles. The van der Waals surface area contributed by atoms with Gasteiger partial charge in [0.15, 0.2) is 0 Å². The van der Waals surface area contributed by atoms with Gasteiger partial charge in [0.2, 0.25) is 0 Å². The van der Waals surface area contributed by atoms with Gasteiger partial charge < -0.3 is 19.5 Å². The van der Waals surface area contributed by atoms with E-state index in [-0.39, 0.29) is 6.10 Å². The van der Waals surface area contributed by atoms with E-state index in [1.807, 2.05) is 19.4 Å². The van der Waals surface area contributed by atoms with E-state index in [0.717, 1.165) is 38.5 Å². The zero-order valence-electron chi connectivity index (χ0n) is 11.6. The van der Waals surface area contributed by atoms with Gasteiger partial charge >= 0.3 is 0 Å². The van der Waals surface area contributed by atoms with Crippen molar-refractivity contribution in [2.75, 3.05) is 33.8 Å². The van der Waals surface area contributed by atoms with Crippen LogP contribution >= 0.6 is 0 Å². The maximum Gasteiger partial charge on any atom is 0.110 e. The summed E-state index contributed by atoms with van der Waals surface area (Å²) in [7, 11) is 4.15. The highest BCUT2D eigenvalue weighted by atomic mass is 16.5. The number of hydrogen-bond donors (Lipinski definition) is 1. The fraction of sp³-hybridized carbons (Fsp3) is 0.769. The first kappa shape index (κ1) is 13.5. The monoisotopic (exact) mass is 252 g/mol. The van der Waals surface area contributed by atoms with Gasteiger partial charge in [-0.25, -0.2) is 4.98 Å². The Hall–Kier alpha value is -0.910. The van der Waals surface area contributed by atoms with Gasteiger partial charge in [-0.15, -0.1) is 0 Å². The molecule has 18 heavy (non-hydrogen) atoms. The van der Waals surface area contributed by atoms with Crippen molar-refractivity contribution in [1.29, 1.82) is 0 Å². The third kappa shape index (κ3) is 3.10. The topological polar surface area (TPSA) is 42.3 Å². The van der Waals surface area contributed by atoms with E-state index in [0.29, 0.717) is 6.04 Å². The molecule has 0 bridgehead atoms. The molecule has 1 fully saturated rings. The standard InChI is InChI=1S/C13H24N4O/c1-4-17-6-5-15-13(17)9-11(14-2)12-10-16(3)7-8-18-12/h5-6,11-12,14H,4,7-10H2,1-3H3. The fourth-order valence-corrected chi connectivity index (χ4v) is 2.49. The van der Waals surface area contributed by atoms with Crippen LogP contribution in [0.3, 0.4) is 0 Å². The molecule has 1 aromatic rings. The number of imidazole rings is 1. The van der Waals surface area contributed by atoms with Crippen molar-refractivity contribution in [3.05, 3.63) is 18.2 Å². The third-order valence-corrected chi connectivity index (χ3v) is 3.66. The van der Waals surface area contributed by atoms with E-state index < -0.39 is 0 Å². The fourth-order valence-electron chi connectivity index (χ4n) is 2.49. The van der Waals surface area contributed by atoms with Gasteiger partial charge in [0, 0.05) is 44.5 Å². The van der Waals surface area contributed by atoms with Crippen molar-refractivity contribution in [1.82, 2.24) is 19.8 Å². The van der Waals surface area contributed by atoms with Crippen LogP contribution in [0.25, 0.3) is 0 Å². The Labute approximate surface area is 109 Å². The number of ether oxygens (including phenoxy) is 1. The summed E-state index contributed by atoms with van der Waals surface area (Å²) in [5.41, 5.74) is 0. The average Bonchev–Trinajstić information content (AvgIpc) is 2.83. The number of rotatable bonds is 5. The van der Waals surface area contributed by atoms with Gasteiger partial charge in [0.05, 0.1) is 12.7 Å². The number of hydrogen-bond acceptors (Lipinski definition) is 4. The molecular weight excluding hydrogens is 228 g/mol. The van der Waals surface area contributed by atoms with E-state index in [9.17, 15) is 0 Å². The molecular formula is C13H24N4O. The molecule has 1 aromatic heterocycles. The summed E-state index contributed by atoms with van der Waals surface area (Å²) < 4.78 is 8.07. The smallest absolute Gasteiger partial charge is 0.110 e. The van der Waals surface area contributed by atoms with E-state index in [2.05, 4.69) is 33.7 Å². The molecule has 0 aromatic carbocycles. The van der Waals surface area contributed by atoms with Gasteiger partial charge in [-0.3, -0.25) is 0 Å². The molecule has 1 N–H and O–H groups in total. The molecule has 102 valence electrons. The van der Waals surface area contributed by atoms with Crippen LogP contribution in [0.1, 0.15) is 12.7 Å². The maximum atomic E-state index is 5.88. The first-order valence-electron chi connectivity index (χ1n) is 6.72. The summed E-state index contributed by atoms with van der Waals surface area (Å²) in [5.74, 6) is 1.13. The lowest BCUT2D eigenvalue weighted by atomic mass is 10.1. The Morgan fingerprint density at radius 3 is 3.11 bits per heavy atom. The van der Waals surface area contributed by atoms with Gasteiger partial charge in [-0.1, -0.05) is 0 Å². The van der Waals surface area contributed by atoms with E-state index in [1.165, 1.54) is 0 Å². The molecule has 1 aliphatic heterocycles. The Kier molecular flexibility index (Phi) is 4.74. The molecule has 5 heteroatoms. The Morgan fingerprint density at radius 1 is 1.61 bits per heavy atom. The highest BCUT2D eigenvalue weighted by Gasteiger charge is 2.26. The first-order valence-corrected chi connectivity index (χ1v) is 6.72. The summed E-state index contributed by atoms with van der Waals surface area (Å²) in [6, 6.07) is 0.320. The molecule has 2 atom stereocenters. The quantitative estimate of drug-likeness (QED) is 0.822. The van der Waals surface area contributed by atoms with Crippen molar-refractivity contribution >= 4 is 0 Å². The van der Waals surface area contributed by atoms with Crippen LogP contribution in [-0.2, 0) is 17.7 Å². The second kappa shape index (κ2) is 6.31. The van der Waals surface area contributed by atoms with Crippen LogP contribution in [-0.4, -0.2) is 60.4 Å². The normalized spacial score (nSPS) is 23.2. The molecule has 0 radical (unpaired) electrons. The summed E-state index contributed by atoms with van der Waals surface area (Å²) >= 11 is 0. The van der Waals surface area contributed by atoms with Crippen molar-refractivity contribution in [3.8, 4) is 0 Å². The Bertz CT molecular complexity index is 366. The van der Waals surface area contributed by atoms with Gasteiger partial charge in [-0.2, -0.15) is 0 Å². The summed E-state index contributed by atoms with van der Waals surface area (Å²) in [6.45, 7) is 5.94. The van der Waals surface area contributed by atoms with Crippen molar-refractivity contribution < 1.29 is 4.74 Å². The van der Waals surface area contributed by atoms with Crippen molar-refractivity contribution in [3.63, 3.8) is 0 Å². The molecule has 0 saturated carbocycles. The highest BCUT2D eigenvalue weighted by Crippen LogP contribution is 2.12. The first-order chi connectivity index (χ1) is 8.74. The second-order valence-corrected chi connectivity index (χ2v) is 4.90. The minimum absolute atomic E-state index is 0.246. The minimum Gasteiger partial charge on any atom is -0.374 e. The highest BCUT2D eigenvalue weighted by molar-refractivity contribution is 4.98. The number of nitrogens with zero attached hydrogens (tertiary/aromatic N) is 3. The van der Waals surface area contributed by atoms with Crippen molar-refractivity contribution in [2.24, 2.45) is 0 Å². The SMILES string of the molecule is CCn1ccnc1CC(NC)C1CN(C)CCO1. The number of nitrogens with one attached hydrogen (secondary N) is 1. The predicted molar refractivity (Wildman–Crippen MR) is 71.7 cm³/mol. The van der Waals surface area contributed by atoms with Gasteiger partial charge in [0.25, 0.3) is 0 Å². The predicted octanol–water partition coefficient (Wildman–Crippen LogP) is 0.364. The number of aryl methyl sites for hydroxylation is 1. The summed E-state index contributed by atoms with van der Waals surface area (Å²) in [6.07, 6.45) is 5.07. The van der Waals surface area contributed by atoms with Crippen LogP contribution < -0.4 is 5.32 Å². The molecule has 0 aliphatic carbocycles. The lowest BCUT2D eigenvalue weighted by molar-refractivity contribution is -0.0376. The van der Waals surface area contributed by atoms with Crippen LogP contribution in [0.4, 0.5) is 0 Å². The van der Waals surface area contributed by atoms with E-state index in [4.69, 9.17) is 4.74 Å². The molecule has 2 heterocycles. The van der Waals surface area contributed by atoms with Crippen LogP contribution in [0.15, 0.2) is 12.4 Å². The third-order valence-electron chi connectivity index (χ3n) is 3.66. The van der Waals surface area contributed by atoms with Crippen LogP contribution in [0, 0.1) is 0 Å². The van der Waals surface area contributed by atoms with E-state index in [1.54, 1.807) is 0 Å². The van der Waals surface area contributed by atoms with Crippen LogP contribution in [0.2, 0.25) is 0 Å². The largest absolute Gasteiger partial charge is 0.374 e. The molecule has 0 amide bonds. The average molecular weight is 252 g/mol. The number of likely N-dealkylation sites (N-methyl/N-ethyl adjacent to an activating group) is 2. The van der Waals surface area contributed by atoms with E-state index >= 15 is 0 Å². The van der Waals surface area contributed by atoms with Gasteiger partial charge in [0.1, 0.15) is 5.82 Å². The van der Waals surface area contributed by atoms with Crippen molar-refractivity contribution in [2.45, 2.75) is 32.0 Å². The molecule has 5 nitrogen and oxygen atoms in total. The summed E-state index contributed by atoms with van der Waals surface area (Å²) in [5, 5.41) is 3.38. The number of aromatic nitrogens is 2. The van der Waals surface area contributed by atoms with Crippen LogP contribution in [0.5, 0.6) is 0 Å². The lowest BCUT2D eigenvalue weighted by Crippen LogP contribution is -2.51. The molecule has 0 spiro atoms. The minimum atomic E-state index is 0.246.